The minimum atomic E-state index is -0.00298. The second-order valence-electron chi connectivity index (χ2n) is 4.45. The van der Waals surface area contributed by atoms with Gasteiger partial charge in [0, 0.05) is 36.5 Å². The Morgan fingerprint density at radius 2 is 2.44 bits per heavy atom. The number of nitrogens with zero attached hydrogens (tertiary/aromatic N) is 2. The Labute approximate surface area is 96.2 Å². The van der Waals surface area contributed by atoms with E-state index in [4.69, 9.17) is 10.5 Å². The third-order valence-electron chi connectivity index (χ3n) is 2.99. The number of hydrogen-bond donors (Lipinski definition) is 1. The standard InChI is InChI=1S/C12H19N3O/c1-8(13)11-7-14-12(15-9(11)2)6-10-4-3-5-16-10/h7-8,10H,3-6,13H2,1-2H3/t8-,10?/m1/s1. The smallest absolute Gasteiger partial charge is 0.131 e. The van der Waals surface area contributed by atoms with E-state index >= 15 is 0 Å². The molecule has 1 aromatic heterocycles. The van der Waals surface area contributed by atoms with E-state index in [0.717, 1.165) is 43.0 Å². The van der Waals surface area contributed by atoms with Crippen LogP contribution in [-0.4, -0.2) is 22.7 Å². The normalized spacial score (nSPS) is 22.3. The van der Waals surface area contributed by atoms with Gasteiger partial charge in [-0.25, -0.2) is 9.97 Å². The second-order valence-corrected chi connectivity index (χ2v) is 4.45. The zero-order valence-electron chi connectivity index (χ0n) is 9.94. The predicted molar refractivity (Wildman–Crippen MR) is 62.0 cm³/mol. The van der Waals surface area contributed by atoms with Gasteiger partial charge in [0.1, 0.15) is 5.82 Å². The van der Waals surface area contributed by atoms with Crippen molar-refractivity contribution in [1.29, 1.82) is 0 Å². The first-order valence-corrected chi connectivity index (χ1v) is 5.86. The van der Waals surface area contributed by atoms with Gasteiger partial charge in [0.05, 0.1) is 6.10 Å². The summed E-state index contributed by atoms with van der Waals surface area (Å²) in [6.45, 7) is 4.81. The molecule has 0 spiro atoms. The van der Waals surface area contributed by atoms with Gasteiger partial charge in [-0.1, -0.05) is 0 Å². The van der Waals surface area contributed by atoms with Gasteiger partial charge in [-0.3, -0.25) is 0 Å². The molecule has 1 unspecified atom stereocenters. The van der Waals surface area contributed by atoms with Crippen molar-refractivity contribution in [2.45, 2.75) is 45.3 Å². The lowest BCUT2D eigenvalue weighted by Gasteiger charge is -2.11. The van der Waals surface area contributed by atoms with Gasteiger partial charge in [-0.05, 0) is 26.7 Å². The number of ether oxygens (including phenoxy) is 1. The van der Waals surface area contributed by atoms with Crippen LogP contribution in [0.15, 0.2) is 6.20 Å². The van der Waals surface area contributed by atoms with E-state index < -0.39 is 0 Å². The molecule has 0 saturated carbocycles. The van der Waals surface area contributed by atoms with E-state index in [1.807, 2.05) is 20.0 Å². The summed E-state index contributed by atoms with van der Waals surface area (Å²) in [4.78, 5) is 8.84. The molecule has 0 amide bonds. The maximum Gasteiger partial charge on any atom is 0.131 e. The first-order valence-electron chi connectivity index (χ1n) is 5.86. The molecular weight excluding hydrogens is 202 g/mol. The molecular formula is C12H19N3O. The minimum absolute atomic E-state index is 0.00298. The van der Waals surface area contributed by atoms with Crippen LogP contribution in [-0.2, 0) is 11.2 Å². The molecule has 16 heavy (non-hydrogen) atoms. The minimum Gasteiger partial charge on any atom is -0.378 e. The van der Waals surface area contributed by atoms with Crippen LogP contribution in [0.25, 0.3) is 0 Å². The fourth-order valence-electron chi connectivity index (χ4n) is 2.08. The molecule has 0 bridgehead atoms. The largest absolute Gasteiger partial charge is 0.378 e. The van der Waals surface area contributed by atoms with E-state index in [2.05, 4.69) is 9.97 Å². The molecule has 0 radical (unpaired) electrons. The molecule has 0 aliphatic carbocycles. The summed E-state index contributed by atoms with van der Waals surface area (Å²) in [6, 6.07) is -0.00298. The second kappa shape index (κ2) is 4.89. The van der Waals surface area contributed by atoms with Gasteiger partial charge in [0.25, 0.3) is 0 Å². The van der Waals surface area contributed by atoms with Crippen LogP contribution in [0, 0.1) is 6.92 Å². The van der Waals surface area contributed by atoms with Gasteiger partial charge in [0.15, 0.2) is 0 Å². The Hall–Kier alpha value is -1.00. The number of hydrogen-bond acceptors (Lipinski definition) is 4. The highest BCUT2D eigenvalue weighted by Gasteiger charge is 2.17. The predicted octanol–water partition coefficient (Wildman–Crippen LogP) is 1.53. The molecule has 1 aromatic rings. The van der Waals surface area contributed by atoms with Crippen molar-refractivity contribution >= 4 is 0 Å². The molecule has 4 heteroatoms. The summed E-state index contributed by atoms with van der Waals surface area (Å²) < 4.78 is 5.57. The Kier molecular flexibility index (Phi) is 3.51. The summed E-state index contributed by atoms with van der Waals surface area (Å²) in [6.07, 6.45) is 5.25. The molecule has 0 aromatic carbocycles. The Morgan fingerprint density at radius 3 is 3.00 bits per heavy atom. The fraction of sp³-hybridized carbons (Fsp3) is 0.667. The fourth-order valence-corrected chi connectivity index (χ4v) is 2.08. The highest BCUT2D eigenvalue weighted by atomic mass is 16.5. The van der Waals surface area contributed by atoms with Gasteiger partial charge >= 0.3 is 0 Å². The van der Waals surface area contributed by atoms with Crippen LogP contribution in [0.2, 0.25) is 0 Å². The molecule has 88 valence electrons. The van der Waals surface area contributed by atoms with Crippen molar-refractivity contribution in [2.75, 3.05) is 6.61 Å². The average molecular weight is 221 g/mol. The van der Waals surface area contributed by atoms with Gasteiger partial charge in [0.2, 0.25) is 0 Å². The number of nitrogens with two attached hydrogens (primary N) is 1. The van der Waals surface area contributed by atoms with Crippen molar-refractivity contribution in [3.05, 3.63) is 23.3 Å². The zero-order chi connectivity index (χ0) is 11.5. The zero-order valence-corrected chi connectivity index (χ0v) is 9.94. The van der Waals surface area contributed by atoms with Crippen LogP contribution >= 0.6 is 0 Å². The van der Waals surface area contributed by atoms with Gasteiger partial charge in [-0.15, -0.1) is 0 Å². The number of rotatable bonds is 3. The summed E-state index contributed by atoms with van der Waals surface area (Å²) in [7, 11) is 0. The highest BCUT2D eigenvalue weighted by Crippen LogP contribution is 2.17. The van der Waals surface area contributed by atoms with Crippen LogP contribution in [0.3, 0.4) is 0 Å². The lowest BCUT2D eigenvalue weighted by atomic mass is 10.1. The molecule has 2 rings (SSSR count). The Balaban J connectivity index is 2.08. The molecule has 1 aliphatic heterocycles. The van der Waals surface area contributed by atoms with E-state index in [1.165, 1.54) is 0 Å². The molecule has 1 aliphatic rings. The third kappa shape index (κ3) is 2.57. The molecule has 2 atom stereocenters. The first kappa shape index (κ1) is 11.5. The van der Waals surface area contributed by atoms with Crippen molar-refractivity contribution in [3.8, 4) is 0 Å². The summed E-state index contributed by atoms with van der Waals surface area (Å²) >= 11 is 0. The lowest BCUT2D eigenvalue weighted by molar-refractivity contribution is 0.110. The first-order chi connectivity index (χ1) is 7.66. The Morgan fingerprint density at radius 1 is 1.62 bits per heavy atom. The number of aryl methyl sites for hydroxylation is 1. The average Bonchev–Trinajstić information content (AvgIpc) is 2.70. The summed E-state index contributed by atoms with van der Waals surface area (Å²) in [5.74, 6) is 0.869. The van der Waals surface area contributed by atoms with Crippen molar-refractivity contribution in [2.24, 2.45) is 5.73 Å². The van der Waals surface area contributed by atoms with Crippen molar-refractivity contribution in [3.63, 3.8) is 0 Å². The molecule has 4 nitrogen and oxygen atoms in total. The molecule has 1 fully saturated rings. The van der Waals surface area contributed by atoms with E-state index in [9.17, 15) is 0 Å². The third-order valence-corrected chi connectivity index (χ3v) is 2.99. The molecule has 1 saturated heterocycles. The van der Waals surface area contributed by atoms with E-state index in [0.29, 0.717) is 6.10 Å². The van der Waals surface area contributed by atoms with Crippen LogP contribution in [0.5, 0.6) is 0 Å². The van der Waals surface area contributed by atoms with E-state index in [-0.39, 0.29) is 6.04 Å². The monoisotopic (exact) mass is 221 g/mol. The quantitative estimate of drug-likeness (QED) is 0.840. The topological polar surface area (TPSA) is 61.0 Å². The maximum atomic E-state index is 5.82. The highest BCUT2D eigenvalue weighted by molar-refractivity contribution is 5.19. The van der Waals surface area contributed by atoms with Crippen molar-refractivity contribution in [1.82, 2.24) is 9.97 Å². The van der Waals surface area contributed by atoms with Gasteiger partial charge < -0.3 is 10.5 Å². The summed E-state index contributed by atoms with van der Waals surface area (Å²) in [5.41, 5.74) is 7.83. The Bertz CT molecular complexity index is 359. The summed E-state index contributed by atoms with van der Waals surface area (Å²) in [5, 5.41) is 0. The van der Waals surface area contributed by atoms with Gasteiger partial charge in [-0.2, -0.15) is 0 Å². The molecule has 2 N–H and O–H groups in total. The van der Waals surface area contributed by atoms with Crippen LogP contribution < -0.4 is 5.73 Å². The molecule has 2 heterocycles. The lowest BCUT2D eigenvalue weighted by Crippen LogP contribution is -2.14. The maximum absolute atomic E-state index is 5.82. The van der Waals surface area contributed by atoms with Crippen molar-refractivity contribution < 1.29 is 4.74 Å². The SMILES string of the molecule is Cc1nc(CC2CCCO2)ncc1[C@@H](C)N. The van der Waals surface area contributed by atoms with Crippen LogP contribution in [0.4, 0.5) is 0 Å². The number of aromatic nitrogens is 2. The van der Waals surface area contributed by atoms with E-state index in [1.54, 1.807) is 0 Å². The van der Waals surface area contributed by atoms with Crippen LogP contribution in [0.1, 0.15) is 42.9 Å².